The number of hydrogen-bond donors (Lipinski definition) is 2. The van der Waals surface area contributed by atoms with Crippen LogP contribution in [0.1, 0.15) is 29.8 Å². The molecule has 0 radical (unpaired) electrons. The molecule has 0 spiro atoms. The van der Waals surface area contributed by atoms with E-state index in [9.17, 15) is 9.90 Å². The van der Waals surface area contributed by atoms with E-state index in [2.05, 4.69) is 26.2 Å². The van der Waals surface area contributed by atoms with E-state index in [-0.39, 0.29) is 5.91 Å². The van der Waals surface area contributed by atoms with Crippen molar-refractivity contribution in [3.63, 3.8) is 0 Å². The predicted octanol–water partition coefficient (Wildman–Crippen LogP) is 1.49. The molecule has 0 atom stereocenters. The van der Waals surface area contributed by atoms with Crippen molar-refractivity contribution in [3.05, 3.63) is 28.5 Å². The summed E-state index contributed by atoms with van der Waals surface area (Å²) in [6, 6.07) is 5.16. The topological polar surface area (TPSA) is 62.2 Å². The van der Waals surface area contributed by atoms with Crippen LogP contribution in [0.15, 0.2) is 22.8 Å². The number of hydrogen-bond acceptors (Lipinski definition) is 3. The van der Waals surface area contributed by atoms with E-state index in [4.69, 9.17) is 0 Å². The lowest BCUT2D eigenvalue weighted by atomic mass is 9.80. The van der Waals surface area contributed by atoms with Gasteiger partial charge in [-0.1, -0.05) is 6.07 Å². The van der Waals surface area contributed by atoms with Crippen LogP contribution in [0.5, 0.6) is 0 Å². The molecule has 0 unspecified atom stereocenters. The summed E-state index contributed by atoms with van der Waals surface area (Å²) in [5.41, 5.74) is -0.334. The van der Waals surface area contributed by atoms with Gasteiger partial charge >= 0.3 is 0 Å². The van der Waals surface area contributed by atoms with Crippen molar-refractivity contribution in [2.45, 2.75) is 24.9 Å². The second-order valence-corrected chi connectivity index (χ2v) is 4.92. The van der Waals surface area contributed by atoms with Crippen LogP contribution in [-0.4, -0.2) is 28.1 Å². The molecule has 16 heavy (non-hydrogen) atoms. The summed E-state index contributed by atoms with van der Waals surface area (Å²) in [6.07, 6.45) is 2.56. The molecule has 0 saturated heterocycles. The number of aromatic nitrogens is 1. The van der Waals surface area contributed by atoms with Gasteiger partial charge in [-0.05, 0) is 47.3 Å². The number of amides is 1. The van der Waals surface area contributed by atoms with Gasteiger partial charge < -0.3 is 10.4 Å². The lowest BCUT2D eigenvalue weighted by Crippen LogP contribution is -2.47. The molecular weight excluding hydrogens is 272 g/mol. The van der Waals surface area contributed by atoms with E-state index in [1.165, 1.54) is 0 Å². The van der Waals surface area contributed by atoms with Gasteiger partial charge in [0.25, 0.3) is 5.91 Å². The Labute approximate surface area is 102 Å². The third kappa shape index (κ3) is 2.59. The van der Waals surface area contributed by atoms with Crippen molar-refractivity contribution in [2.75, 3.05) is 6.54 Å². The van der Waals surface area contributed by atoms with Crippen LogP contribution in [0, 0.1) is 0 Å². The third-order valence-electron chi connectivity index (χ3n) is 2.81. The molecule has 1 heterocycles. The number of rotatable bonds is 3. The number of carbonyl (C=O) groups excluding carboxylic acids is 1. The third-order valence-corrected chi connectivity index (χ3v) is 3.25. The van der Waals surface area contributed by atoms with Gasteiger partial charge in [-0.3, -0.25) is 4.79 Å². The minimum Gasteiger partial charge on any atom is -0.388 e. The first-order valence-corrected chi connectivity index (χ1v) is 6.02. The van der Waals surface area contributed by atoms with Crippen molar-refractivity contribution in [3.8, 4) is 0 Å². The Morgan fingerprint density at radius 3 is 2.88 bits per heavy atom. The molecule has 1 aromatic heterocycles. The fraction of sp³-hybridized carbons (Fsp3) is 0.455. The summed E-state index contributed by atoms with van der Waals surface area (Å²) >= 11 is 3.21. The molecule has 86 valence electrons. The smallest absolute Gasteiger partial charge is 0.270 e. The van der Waals surface area contributed by atoms with Crippen LogP contribution in [0.2, 0.25) is 0 Å². The number of nitrogens with zero attached hydrogens (tertiary/aromatic N) is 1. The van der Waals surface area contributed by atoms with Gasteiger partial charge in [-0.15, -0.1) is 0 Å². The largest absolute Gasteiger partial charge is 0.388 e. The van der Waals surface area contributed by atoms with Crippen LogP contribution < -0.4 is 5.32 Å². The Balaban J connectivity index is 1.93. The summed E-state index contributed by atoms with van der Waals surface area (Å²) in [5.74, 6) is -0.248. The zero-order chi connectivity index (χ0) is 11.6. The molecule has 0 bridgehead atoms. The second-order valence-electron chi connectivity index (χ2n) is 4.11. The van der Waals surface area contributed by atoms with E-state index < -0.39 is 5.60 Å². The molecule has 1 amide bonds. The average Bonchev–Trinajstić information content (AvgIpc) is 2.23. The minimum atomic E-state index is -0.693. The highest BCUT2D eigenvalue weighted by molar-refractivity contribution is 9.10. The van der Waals surface area contributed by atoms with Crippen LogP contribution in [0.3, 0.4) is 0 Å². The average molecular weight is 285 g/mol. The maximum absolute atomic E-state index is 11.7. The van der Waals surface area contributed by atoms with E-state index in [0.717, 1.165) is 19.3 Å². The Kier molecular flexibility index (Phi) is 3.25. The number of halogens is 1. The molecule has 2 rings (SSSR count). The van der Waals surface area contributed by atoms with Crippen molar-refractivity contribution in [1.82, 2.24) is 10.3 Å². The zero-order valence-corrected chi connectivity index (χ0v) is 10.3. The number of aliphatic hydroxyl groups is 1. The van der Waals surface area contributed by atoms with E-state index in [1.54, 1.807) is 18.2 Å². The van der Waals surface area contributed by atoms with Gasteiger partial charge in [0.2, 0.25) is 0 Å². The van der Waals surface area contributed by atoms with E-state index in [0.29, 0.717) is 16.8 Å². The van der Waals surface area contributed by atoms with Crippen molar-refractivity contribution < 1.29 is 9.90 Å². The maximum Gasteiger partial charge on any atom is 0.270 e. The molecule has 0 aromatic carbocycles. The monoisotopic (exact) mass is 284 g/mol. The first-order chi connectivity index (χ1) is 7.59. The van der Waals surface area contributed by atoms with Crippen molar-refractivity contribution in [2.24, 2.45) is 0 Å². The highest BCUT2D eigenvalue weighted by Gasteiger charge is 2.34. The standard InChI is InChI=1S/C11H13BrN2O2/c12-9-4-1-3-8(14-9)10(15)13-7-11(16)5-2-6-11/h1,3-4,16H,2,5-7H2,(H,13,15). The van der Waals surface area contributed by atoms with Gasteiger partial charge in [-0.25, -0.2) is 4.98 Å². The van der Waals surface area contributed by atoms with Gasteiger partial charge in [0, 0.05) is 6.54 Å². The summed E-state index contributed by atoms with van der Waals surface area (Å²) in [6.45, 7) is 0.306. The highest BCUT2D eigenvalue weighted by atomic mass is 79.9. The molecule has 0 aliphatic heterocycles. The SMILES string of the molecule is O=C(NCC1(O)CCC1)c1cccc(Br)n1. The molecule has 4 nitrogen and oxygen atoms in total. The molecule has 2 N–H and O–H groups in total. The minimum absolute atomic E-state index is 0.248. The van der Waals surface area contributed by atoms with E-state index in [1.807, 2.05) is 0 Å². The predicted molar refractivity (Wildman–Crippen MR) is 63.1 cm³/mol. The normalized spacial score (nSPS) is 17.6. The second kappa shape index (κ2) is 4.51. The van der Waals surface area contributed by atoms with Crippen LogP contribution in [0.4, 0.5) is 0 Å². The lowest BCUT2D eigenvalue weighted by molar-refractivity contribution is -0.0300. The van der Waals surface area contributed by atoms with Crippen LogP contribution in [0.25, 0.3) is 0 Å². The molecule has 1 aromatic rings. The van der Waals surface area contributed by atoms with Crippen molar-refractivity contribution in [1.29, 1.82) is 0 Å². The van der Waals surface area contributed by atoms with E-state index >= 15 is 0 Å². The summed E-state index contributed by atoms with van der Waals surface area (Å²) in [7, 11) is 0. The summed E-state index contributed by atoms with van der Waals surface area (Å²) < 4.78 is 0.627. The highest BCUT2D eigenvalue weighted by Crippen LogP contribution is 2.30. The Hall–Kier alpha value is -0.940. The van der Waals surface area contributed by atoms with Gasteiger partial charge in [0.15, 0.2) is 0 Å². The zero-order valence-electron chi connectivity index (χ0n) is 8.74. The Morgan fingerprint density at radius 2 is 2.31 bits per heavy atom. The quantitative estimate of drug-likeness (QED) is 0.827. The molecule has 1 aliphatic carbocycles. The first-order valence-electron chi connectivity index (χ1n) is 5.22. The van der Waals surface area contributed by atoms with Gasteiger partial charge in [0.1, 0.15) is 10.3 Å². The summed E-state index contributed by atoms with van der Waals surface area (Å²) in [5, 5.41) is 12.5. The fourth-order valence-electron chi connectivity index (χ4n) is 1.63. The van der Waals surface area contributed by atoms with Gasteiger partial charge in [0.05, 0.1) is 5.60 Å². The first kappa shape index (κ1) is 11.5. The molecule has 1 fully saturated rings. The van der Waals surface area contributed by atoms with Crippen molar-refractivity contribution >= 4 is 21.8 Å². The molecular formula is C11H13BrN2O2. The Morgan fingerprint density at radius 1 is 1.56 bits per heavy atom. The number of pyridine rings is 1. The van der Waals surface area contributed by atoms with Crippen LogP contribution >= 0.6 is 15.9 Å². The number of nitrogens with one attached hydrogen (secondary N) is 1. The van der Waals surface area contributed by atoms with Crippen LogP contribution in [-0.2, 0) is 0 Å². The number of carbonyl (C=O) groups is 1. The van der Waals surface area contributed by atoms with Gasteiger partial charge in [-0.2, -0.15) is 0 Å². The summed E-state index contributed by atoms with van der Waals surface area (Å²) in [4.78, 5) is 15.7. The maximum atomic E-state index is 11.7. The fourth-order valence-corrected chi connectivity index (χ4v) is 1.98. The molecule has 5 heteroatoms. The molecule has 1 saturated carbocycles. The lowest BCUT2D eigenvalue weighted by Gasteiger charge is -2.36. The molecule has 1 aliphatic rings. The Bertz CT molecular complexity index is 405.